The van der Waals surface area contributed by atoms with Gasteiger partial charge < -0.3 is 15.2 Å². The Morgan fingerprint density at radius 1 is 1.44 bits per heavy atom. The minimum absolute atomic E-state index is 0.175. The van der Waals surface area contributed by atoms with E-state index in [1.807, 2.05) is 18.0 Å². The Bertz CT molecular complexity index is 750. The van der Waals surface area contributed by atoms with Gasteiger partial charge in [0.15, 0.2) is 0 Å². The van der Waals surface area contributed by atoms with Gasteiger partial charge in [-0.05, 0) is 32.3 Å². The van der Waals surface area contributed by atoms with E-state index in [1.54, 1.807) is 12.3 Å². The highest BCUT2D eigenvalue weighted by molar-refractivity contribution is 5.90. The van der Waals surface area contributed by atoms with E-state index in [0.29, 0.717) is 13.0 Å². The molecule has 2 aromatic heterocycles. The van der Waals surface area contributed by atoms with Crippen molar-refractivity contribution in [2.75, 3.05) is 13.1 Å². The number of rotatable bonds is 6. The average molecular weight is 344 g/mol. The third kappa shape index (κ3) is 4.07. The Kier molecular flexibility index (Phi) is 5.16. The number of aromatic nitrogens is 4. The smallest absolute Gasteiger partial charge is 0.269 e. The molecule has 0 unspecified atom stereocenters. The number of imidazole rings is 1. The van der Waals surface area contributed by atoms with Crippen molar-refractivity contribution in [3.63, 3.8) is 0 Å². The lowest BCUT2D eigenvalue weighted by molar-refractivity contribution is -0.132. The number of carbonyl (C=O) groups excluding carboxylic acids is 2. The number of piperidine rings is 1. The van der Waals surface area contributed by atoms with Crippen molar-refractivity contribution in [2.24, 2.45) is 5.73 Å². The van der Waals surface area contributed by atoms with Crippen molar-refractivity contribution in [3.05, 3.63) is 35.7 Å². The van der Waals surface area contributed by atoms with Gasteiger partial charge in [0.05, 0.1) is 0 Å². The Hall–Kier alpha value is -2.64. The van der Waals surface area contributed by atoms with Crippen LogP contribution in [0.2, 0.25) is 0 Å². The lowest BCUT2D eigenvalue weighted by Gasteiger charge is -2.32. The maximum atomic E-state index is 12.5. The molecule has 8 nitrogen and oxygen atoms in total. The third-order valence-electron chi connectivity index (χ3n) is 4.78. The van der Waals surface area contributed by atoms with Crippen molar-refractivity contribution in [1.29, 1.82) is 0 Å². The number of aromatic amines is 1. The van der Waals surface area contributed by atoms with E-state index < -0.39 is 5.91 Å². The molecule has 0 bridgehead atoms. The zero-order valence-corrected chi connectivity index (χ0v) is 14.4. The molecule has 2 aromatic rings. The molecule has 3 heterocycles. The highest BCUT2D eigenvalue weighted by atomic mass is 16.2. The summed E-state index contributed by atoms with van der Waals surface area (Å²) < 4.78 is 2.06. The number of likely N-dealkylation sites (tertiary alicyclic amines) is 1. The quantitative estimate of drug-likeness (QED) is 0.820. The van der Waals surface area contributed by atoms with Gasteiger partial charge in [0.1, 0.15) is 11.5 Å². The van der Waals surface area contributed by atoms with Gasteiger partial charge in [-0.1, -0.05) is 0 Å². The molecule has 1 fully saturated rings. The summed E-state index contributed by atoms with van der Waals surface area (Å²) in [6.07, 6.45) is 6.95. The molecule has 2 amide bonds. The van der Waals surface area contributed by atoms with Crippen molar-refractivity contribution in [2.45, 2.75) is 45.1 Å². The molecule has 1 aliphatic rings. The van der Waals surface area contributed by atoms with Crippen LogP contribution in [-0.2, 0) is 11.3 Å². The second-order valence-corrected chi connectivity index (χ2v) is 6.52. The van der Waals surface area contributed by atoms with Gasteiger partial charge in [0.25, 0.3) is 5.91 Å². The van der Waals surface area contributed by atoms with Gasteiger partial charge in [-0.25, -0.2) is 4.98 Å². The lowest BCUT2D eigenvalue weighted by Crippen LogP contribution is -2.39. The summed E-state index contributed by atoms with van der Waals surface area (Å²) in [7, 11) is 0. The van der Waals surface area contributed by atoms with E-state index in [2.05, 4.69) is 19.7 Å². The van der Waals surface area contributed by atoms with Crippen LogP contribution in [0.5, 0.6) is 0 Å². The number of nitrogens with two attached hydrogens (primary N) is 1. The van der Waals surface area contributed by atoms with E-state index in [0.717, 1.165) is 43.9 Å². The van der Waals surface area contributed by atoms with E-state index in [-0.39, 0.29) is 17.5 Å². The standard InChI is InChI=1S/C17H24N6O2/c1-12-19-6-9-22(12)7-3-5-16(24)23-8-2-4-13(11-23)14-10-15(17(18)25)21-20-14/h6,9-10,13H,2-5,7-8,11H2,1H3,(H2,18,25)(H,20,21)/t13-/m1/s1. The van der Waals surface area contributed by atoms with Crippen LogP contribution in [0.3, 0.4) is 0 Å². The number of aryl methyl sites for hydroxylation is 2. The van der Waals surface area contributed by atoms with Crippen molar-refractivity contribution < 1.29 is 9.59 Å². The number of nitrogens with zero attached hydrogens (tertiary/aromatic N) is 4. The number of primary amides is 1. The first-order valence-corrected chi connectivity index (χ1v) is 8.65. The Morgan fingerprint density at radius 2 is 2.28 bits per heavy atom. The van der Waals surface area contributed by atoms with Gasteiger partial charge in [0.2, 0.25) is 5.91 Å². The summed E-state index contributed by atoms with van der Waals surface area (Å²) in [5.41, 5.74) is 6.37. The summed E-state index contributed by atoms with van der Waals surface area (Å²) in [4.78, 5) is 29.8. The van der Waals surface area contributed by atoms with E-state index in [1.165, 1.54) is 0 Å². The van der Waals surface area contributed by atoms with Crippen LogP contribution in [0.4, 0.5) is 0 Å². The minimum atomic E-state index is -0.541. The van der Waals surface area contributed by atoms with Crippen LogP contribution < -0.4 is 5.73 Å². The van der Waals surface area contributed by atoms with Crippen LogP contribution >= 0.6 is 0 Å². The van der Waals surface area contributed by atoms with Gasteiger partial charge in [-0.2, -0.15) is 5.10 Å². The predicted molar refractivity (Wildman–Crippen MR) is 91.9 cm³/mol. The molecule has 0 saturated carbocycles. The molecule has 0 spiro atoms. The van der Waals surface area contributed by atoms with E-state index >= 15 is 0 Å². The first kappa shape index (κ1) is 17.2. The molecule has 0 aromatic carbocycles. The molecule has 1 atom stereocenters. The van der Waals surface area contributed by atoms with E-state index in [9.17, 15) is 9.59 Å². The van der Waals surface area contributed by atoms with Crippen LogP contribution in [0, 0.1) is 6.92 Å². The Morgan fingerprint density at radius 3 is 2.96 bits per heavy atom. The van der Waals surface area contributed by atoms with Gasteiger partial charge in [-0.15, -0.1) is 0 Å². The molecule has 8 heteroatoms. The van der Waals surface area contributed by atoms with Crippen molar-refractivity contribution in [3.8, 4) is 0 Å². The minimum Gasteiger partial charge on any atom is -0.364 e. The molecular weight excluding hydrogens is 320 g/mol. The molecule has 134 valence electrons. The number of carbonyl (C=O) groups is 2. The van der Waals surface area contributed by atoms with Crippen molar-refractivity contribution >= 4 is 11.8 Å². The average Bonchev–Trinajstić information content (AvgIpc) is 3.25. The zero-order valence-electron chi connectivity index (χ0n) is 14.4. The Labute approximate surface area is 146 Å². The SMILES string of the molecule is Cc1nccn1CCCC(=O)N1CCC[C@@H](c2cc(C(N)=O)n[nH]2)C1. The van der Waals surface area contributed by atoms with Crippen LogP contribution in [-0.4, -0.2) is 49.6 Å². The number of H-pyrrole nitrogens is 1. The van der Waals surface area contributed by atoms with Gasteiger partial charge >= 0.3 is 0 Å². The summed E-state index contributed by atoms with van der Waals surface area (Å²) in [5.74, 6) is 0.780. The fourth-order valence-electron chi connectivity index (χ4n) is 3.33. The summed E-state index contributed by atoms with van der Waals surface area (Å²) in [6.45, 7) is 4.21. The zero-order chi connectivity index (χ0) is 17.8. The molecule has 3 N–H and O–H groups in total. The second kappa shape index (κ2) is 7.50. The third-order valence-corrected chi connectivity index (χ3v) is 4.78. The first-order chi connectivity index (χ1) is 12.0. The number of hydrogen-bond acceptors (Lipinski definition) is 4. The molecular formula is C17H24N6O2. The number of hydrogen-bond donors (Lipinski definition) is 2. The van der Waals surface area contributed by atoms with Crippen molar-refractivity contribution in [1.82, 2.24) is 24.6 Å². The number of amides is 2. The highest BCUT2D eigenvalue weighted by Crippen LogP contribution is 2.26. The van der Waals surface area contributed by atoms with Crippen LogP contribution in [0.1, 0.15) is 53.6 Å². The summed E-state index contributed by atoms with van der Waals surface area (Å²) >= 11 is 0. The topological polar surface area (TPSA) is 110 Å². The fraction of sp³-hybridized carbons (Fsp3) is 0.529. The molecule has 3 rings (SSSR count). The Balaban J connectivity index is 1.52. The summed E-state index contributed by atoms with van der Waals surface area (Å²) in [6, 6.07) is 1.70. The fourth-order valence-corrected chi connectivity index (χ4v) is 3.33. The maximum Gasteiger partial charge on any atom is 0.269 e. The lowest BCUT2D eigenvalue weighted by atomic mass is 9.94. The monoisotopic (exact) mass is 344 g/mol. The highest BCUT2D eigenvalue weighted by Gasteiger charge is 2.26. The largest absolute Gasteiger partial charge is 0.364 e. The predicted octanol–water partition coefficient (Wildman–Crippen LogP) is 1.20. The first-order valence-electron chi connectivity index (χ1n) is 8.65. The number of nitrogens with one attached hydrogen (secondary N) is 1. The summed E-state index contributed by atoms with van der Waals surface area (Å²) in [5, 5.41) is 6.82. The van der Waals surface area contributed by atoms with Gasteiger partial charge in [-0.3, -0.25) is 14.7 Å². The van der Waals surface area contributed by atoms with Gasteiger partial charge in [0, 0.05) is 50.1 Å². The molecule has 1 saturated heterocycles. The van der Waals surface area contributed by atoms with Crippen LogP contribution in [0.25, 0.3) is 0 Å². The van der Waals surface area contributed by atoms with E-state index in [4.69, 9.17) is 5.73 Å². The second-order valence-electron chi connectivity index (χ2n) is 6.52. The maximum absolute atomic E-state index is 12.5. The van der Waals surface area contributed by atoms with Crippen LogP contribution in [0.15, 0.2) is 18.5 Å². The molecule has 1 aliphatic heterocycles. The molecule has 25 heavy (non-hydrogen) atoms. The molecule has 0 radical (unpaired) electrons. The molecule has 0 aliphatic carbocycles. The normalized spacial score (nSPS) is 17.6.